The Morgan fingerprint density at radius 3 is 2.22 bits per heavy atom. The smallest absolute Gasteiger partial charge is 0.489 e. The number of halogens is 5. The number of amides is 3. The van der Waals surface area contributed by atoms with Gasteiger partial charge < -0.3 is 30.9 Å². The Labute approximate surface area is 271 Å². The molecule has 46 heavy (non-hydrogen) atoms. The predicted molar refractivity (Wildman–Crippen MR) is 158 cm³/mol. The lowest BCUT2D eigenvalue weighted by molar-refractivity contribution is -0.192. The number of hydrogen-bond donors (Lipinski definition) is 6. The van der Waals surface area contributed by atoms with Crippen LogP contribution in [0.4, 0.5) is 18.0 Å². The molecule has 18 heteroatoms. The number of aliphatic carboxylic acids is 1. The van der Waals surface area contributed by atoms with Crippen LogP contribution in [-0.2, 0) is 26.5 Å². The van der Waals surface area contributed by atoms with Crippen molar-refractivity contribution in [2.75, 3.05) is 13.1 Å². The highest BCUT2D eigenvalue weighted by atomic mass is 35.5. The Morgan fingerprint density at radius 1 is 1.13 bits per heavy atom. The van der Waals surface area contributed by atoms with E-state index in [9.17, 15) is 32.8 Å². The quantitative estimate of drug-likeness (QED) is 0.0579. The molecular formula is C28H32Cl2F3N5O8. The summed E-state index contributed by atoms with van der Waals surface area (Å²) in [5.41, 5.74) is 6.77. The molecule has 0 spiro atoms. The van der Waals surface area contributed by atoms with Crippen LogP contribution in [0, 0.1) is 0 Å². The summed E-state index contributed by atoms with van der Waals surface area (Å²) in [6, 6.07) is 10.1. The lowest BCUT2D eigenvalue weighted by Gasteiger charge is -2.40. The maximum Gasteiger partial charge on any atom is 0.490 e. The fourth-order valence-electron chi connectivity index (χ4n) is 4.78. The van der Waals surface area contributed by atoms with E-state index >= 15 is 0 Å². The number of nitrogens with one attached hydrogen (secondary N) is 2. The maximum absolute atomic E-state index is 13.8. The number of hydrogen-bond acceptors (Lipinski definition) is 8. The zero-order valence-electron chi connectivity index (χ0n) is 24.1. The Morgan fingerprint density at radius 2 is 1.72 bits per heavy atom. The first-order valence-corrected chi connectivity index (χ1v) is 14.2. The number of pyridine rings is 1. The van der Waals surface area contributed by atoms with Crippen LogP contribution in [0.5, 0.6) is 5.75 Å². The summed E-state index contributed by atoms with van der Waals surface area (Å²) >= 11 is 11.9. The number of alkyl halides is 3. The van der Waals surface area contributed by atoms with Crippen LogP contribution in [0.15, 0.2) is 49.1 Å². The number of likely N-dealkylation sites (tertiary alicyclic amines) is 1. The van der Waals surface area contributed by atoms with Gasteiger partial charge in [0.15, 0.2) is 0 Å². The standard InChI is InChI=1S/C26H31Cl2N5O6.C2HF3O2/c1-2-9-25(22(34)32-38,10-3-4-12-30-24(36)37)33-13-11-26(29,23(33)35)18-5-7-19(8-6-18)39-16-17-14-20(27)31-21(28)15-17;3-2(4,5)1(6)7/h2,5-8,14-15,30,38H,1,3-4,9-13,16,29H2,(H,32,34)(H,36,37);(H,6,7)/t25-,26?;/m0./s1. The van der Waals surface area contributed by atoms with Gasteiger partial charge in [0.05, 0.1) is 0 Å². The van der Waals surface area contributed by atoms with E-state index in [-0.39, 0.29) is 49.3 Å². The third kappa shape index (κ3) is 9.94. The molecule has 1 fully saturated rings. The molecule has 0 bridgehead atoms. The van der Waals surface area contributed by atoms with Gasteiger partial charge in [-0.15, -0.1) is 6.58 Å². The van der Waals surface area contributed by atoms with Gasteiger partial charge in [-0.05, 0) is 67.5 Å². The number of ether oxygens (including phenoxy) is 1. The third-order valence-corrected chi connectivity index (χ3v) is 7.40. The van der Waals surface area contributed by atoms with Crippen molar-refractivity contribution >= 4 is 47.1 Å². The number of nitrogens with zero attached hydrogens (tertiary/aromatic N) is 2. The van der Waals surface area contributed by atoms with Gasteiger partial charge in [0.1, 0.15) is 33.7 Å². The molecule has 252 valence electrons. The van der Waals surface area contributed by atoms with Crippen LogP contribution in [0.1, 0.15) is 43.2 Å². The molecule has 1 unspecified atom stereocenters. The fraction of sp³-hybridized carbons (Fsp3) is 0.393. The first-order chi connectivity index (χ1) is 21.5. The Kier molecular flexibility index (Phi) is 13.6. The maximum atomic E-state index is 13.8. The Hall–Kier alpha value is -4.12. The summed E-state index contributed by atoms with van der Waals surface area (Å²) in [6.45, 7) is 4.28. The molecule has 7 N–H and O–H groups in total. The van der Waals surface area contributed by atoms with Gasteiger partial charge in [-0.25, -0.2) is 20.1 Å². The molecule has 0 aliphatic carbocycles. The number of carbonyl (C=O) groups is 4. The van der Waals surface area contributed by atoms with Crippen molar-refractivity contribution in [3.8, 4) is 5.75 Å². The molecule has 1 aromatic heterocycles. The minimum Gasteiger partial charge on any atom is -0.489 e. The van der Waals surface area contributed by atoms with Crippen molar-refractivity contribution in [2.24, 2.45) is 5.73 Å². The topological polar surface area (TPSA) is 204 Å². The zero-order valence-corrected chi connectivity index (χ0v) is 25.7. The molecule has 0 saturated carbocycles. The van der Waals surface area contributed by atoms with E-state index in [1.807, 2.05) is 0 Å². The van der Waals surface area contributed by atoms with Gasteiger partial charge in [-0.2, -0.15) is 13.2 Å². The zero-order chi connectivity index (χ0) is 34.7. The van der Waals surface area contributed by atoms with Crippen molar-refractivity contribution in [2.45, 2.75) is 56.0 Å². The van der Waals surface area contributed by atoms with Crippen molar-refractivity contribution in [3.05, 3.63) is 70.5 Å². The third-order valence-electron chi connectivity index (χ3n) is 7.01. The lowest BCUT2D eigenvalue weighted by atomic mass is 9.85. The van der Waals surface area contributed by atoms with Crippen LogP contribution < -0.4 is 21.3 Å². The second-order valence-corrected chi connectivity index (χ2v) is 10.8. The van der Waals surface area contributed by atoms with Crippen molar-refractivity contribution in [3.63, 3.8) is 0 Å². The van der Waals surface area contributed by atoms with Gasteiger partial charge in [0.25, 0.3) is 5.91 Å². The van der Waals surface area contributed by atoms with Crippen LogP contribution in [0.2, 0.25) is 10.3 Å². The number of hydroxylamine groups is 1. The summed E-state index contributed by atoms with van der Waals surface area (Å²) in [5.74, 6) is -3.45. The largest absolute Gasteiger partial charge is 0.490 e. The number of carboxylic acid groups (broad SMARTS) is 2. The molecule has 1 aliphatic heterocycles. The van der Waals surface area contributed by atoms with Gasteiger partial charge in [-0.3, -0.25) is 14.8 Å². The van der Waals surface area contributed by atoms with Crippen LogP contribution in [-0.4, -0.2) is 74.0 Å². The molecule has 1 saturated heterocycles. The van der Waals surface area contributed by atoms with E-state index in [1.165, 1.54) is 11.0 Å². The molecular weight excluding hydrogens is 662 g/mol. The number of rotatable bonds is 13. The minimum atomic E-state index is -5.08. The SMILES string of the molecule is C=CC[C@](CCCCNC(=O)O)(C(=O)NO)N1CCC(N)(c2ccc(OCc3cc(Cl)nc(Cl)c3)cc2)C1=O.O=C(O)C(F)(F)F. The van der Waals surface area contributed by atoms with Crippen molar-refractivity contribution < 1.29 is 52.5 Å². The highest BCUT2D eigenvalue weighted by Gasteiger charge is 2.54. The monoisotopic (exact) mass is 693 g/mol. The van der Waals surface area contributed by atoms with Crippen molar-refractivity contribution in [1.82, 2.24) is 20.7 Å². The molecule has 2 aromatic rings. The molecule has 13 nitrogen and oxygen atoms in total. The Balaban J connectivity index is 0.000000942. The predicted octanol–water partition coefficient (Wildman–Crippen LogP) is 4.25. The molecule has 1 aromatic carbocycles. The molecule has 2 atom stereocenters. The average Bonchev–Trinajstić information content (AvgIpc) is 3.29. The average molecular weight is 694 g/mol. The van der Waals surface area contributed by atoms with Crippen LogP contribution >= 0.6 is 23.2 Å². The van der Waals surface area contributed by atoms with Crippen molar-refractivity contribution in [1.29, 1.82) is 0 Å². The fourth-order valence-corrected chi connectivity index (χ4v) is 5.29. The Bertz CT molecular complexity index is 1400. The van der Waals surface area contributed by atoms with Gasteiger partial charge in [0, 0.05) is 13.1 Å². The summed E-state index contributed by atoms with van der Waals surface area (Å²) in [7, 11) is 0. The van der Waals surface area contributed by atoms with Gasteiger partial charge in [0.2, 0.25) is 5.91 Å². The summed E-state index contributed by atoms with van der Waals surface area (Å²) in [4.78, 5) is 51.6. The first-order valence-electron chi connectivity index (χ1n) is 13.5. The highest BCUT2D eigenvalue weighted by molar-refractivity contribution is 6.32. The summed E-state index contributed by atoms with van der Waals surface area (Å²) < 4.78 is 37.5. The molecule has 2 heterocycles. The van der Waals surface area contributed by atoms with E-state index in [0.29, 0.717) is 24.2 Å². The number of carbonyl (C=O) groups excluding carboxylic acids is 2. The molecule has 3 amide bonds. The van der Waals surface area contributed by atoms with E-state index in [1.54, 1.807) is 41.9 Å². The molecule has 0 radical (unpaired) electrons. The van der Waals surface area contributed by atoms with Gasteiger partial charge in [-0.1, -0.05) is 41.4 Å². The van der Waals surface area contributed by atoms with E-state index in [2.05, 4.69) is 16.9 Å². The van der Waals surface area contributed by atoms with Crippen LogP contribution in [0.3, 0.4) is 0 Å². The lowest BCUT2D eigenvalue weighted by Crippen LogP contribution is -2.61. The minimum absolute atomic E-state index is 0.0728. The highest BCUT2D eigenvalue weighted by Crippen LogP contribution is 2.39. The number of unbranched alkanes of at least 4 members (excludes halogenated alkanes) is 1. The number of aromatic nitrogens is 1. The van der Waals surface area contributed by atoms with E-state index < -0.39 is 41.1 Å². The number of carboxylic acids is 1. The van der Waals surface area contributed by atoms with E-state index in [0.717, 1.165) is 5.56 Å². The van der Waals surface area contributed by atoms with Gasteiger partial charge >= 0.3 is 18.2 Å². The second kappa shape index (κ2) is 16.4. The number of nitrogens with two attached hydrogens (primary N) is 1. The number of benzene rings is 1. The molecule has 1 aliphatic rings. The summed E-state index contributed by atoms with van der Waals surface area (Å²) in [5, 5.41) is 28.2. The van der Waals surface area contributed by atoms with E-state index in [4.69, 9.17) is 48.7 Å². The molecule has 3 rings (SSSR count). The normalized spacial score (nSPS) is 17.3. The second-order valence-electron chi connectivity index (χ2n) is 10.1. The van der Waals surface area contributed by atoms with Crippen LogP contribution in [0.25, 0.3) is 0 Å². The summed E-state index contributed by atoms with van der Waals surface area (Å²) in [6.07, 6.45) is -3.41. The first kappa shape index (κ1) is 38.1.